The SMILES string of the molecule is S=c1nc(Nc2cc(Cl)cc(Cl)c2)cn[nH]1. The van der Waals surface area contributed by atoms with Gasteiger partial charge in [0.2, 0.25) is 4.77 Å². The summed E-state index contributed by atoms with van der Waals surface area (Å²) in [5.41, 5.74) is 0.729. The maximum Gasteiger partial charge on any atom is 0.215 e. The minimum absolute atomic E-state index is 0.304. The van der Waals surface area contributed by atoms with E-state index in [4.69, 9.17) is 35.4 Å². The van der Waals surface area contributed by atoms with Gasteiger partial charge in [-0.1, -0.05) is 23.2 Å². The molecule has 0 spiro atoms. The fourth-order valence-electron chi connectivity index (χ4n) is 1.15. The molecular formula is C9H6Cl2N4S. The van der Waals surface area contributed by atoms with Crippen LogP contribution in [0.15, 0.2) is 24.4 Å². The number of aromatic amines is 1. The molecule has 0 unspecified atom stereocenters. The zero-order chi connectivity index (χ0) is 11.5. The highest BCUT2D eigenvalue weighted by Gasteiger charge is 2.00. The van der Waals surface area contributed by atoms with Crippen LogP contribution in [0.3, 0.4) is 0 Å². The van der Waals surface area contributed by atoms with Gasteiger partial charge in [0.05, 0.1) is 6.20 Å². The Labute approximate surface area is 107 Å². The zero-order valence-corrected chi connectivity index (χ0v) is 10.2. The number of aromatic nitrogens is 3. The van der Waals surface area contributed by atoms with E-state index >= 15 is 0 Å². The Morgan fingerprint density at radius 3 is 2.50 bits per heavy atom. The van der Waals surface area contributed by atoms with E-state index in [1.54, 1.807) is 18.2 Å². The van der Waals surface area contributed by atoms with Gasteiger partial charge in [-0.15, -0.1) is 0 Å². The van der Waals surface area contributed by atoms with Crippen LogP contribution in [0, 0.1) is 4.77 Å². The molecule has 0 aliphatic rings. The molecule has 0 aliphatic carbocycles. The van der Waals surface area contributed by atoms with Crippen LogP contribution in [0.4, 0.5) is 11.5 Å². The van der Waals surface area contributed by atoms with Gasteiger partial charge in [-0.2, -0.15) is 10.1 Å². The third kappa shape index (κ3) is 2.91. The molecule has 2 rings (SSSR count). The van der Waals surface area contributed by atoms with E-state index in [1.807, 2.05) is 0 Å². The molecule has 1 heterocycles. The largest absolute Gasteiger partial charge is 0.339 e. The van der Waals surface area contributed by atoms with Crippen LogP contribution in [0.2, 0.25) is 10.0 Å². The average molecular weight is 273 g/mol. The van der Waals surface area contributed by atoms with Crippen molar-refractivity contribution in [2.24, 2.45) is 0 Å². The number of rotatable bonds is 2. The second-order valence-electron chi connectivity index (χ2n) is 2.96. The molecule has 7 heteroatoms. The molecule has 0 aliphatic heterocycles. The molecule has 0 bridgehead atoms. The quantitative estimate of drug-likeness (QED) is 0.821. The molecule has 4 nitrogen and oxygen atoms in total. The van der Waals surface area contributed by atoms with Crippen LogP contribution >= 0.6 is 35.4 Å². The lowest BCUT2D eigenvalue weighted by molar-refractivity contribution is 0.953. The summed E-state index contributed by atoms with van der Waals surface area (Å²) in [5, 5.41) is 10.4. The van der Waals surface area contributed by atoms with Gasteiger partial charge in [-0.25, -0.2) is 0 Å². The summed E-state index contributed by atoms with van der Waals surface area (Å²) in [6.45, 7) is 0. The molecule has 16 heavy (non-hydrogen) atoms. The van der Waals surface area contributed by atoms with Crippen molar-refractivity contribution in [1.29, 1.82) is 0 Å². The van der Waals surface area contributed by atoms with E-state index in [9.17, 15) is 0 Å². The van der Waals surface area contributed by atoms with Crippen molar-refractivity contribution in [3.63, 3.8) is 0 Å². The van der Waals surface area contributed by atoms with Gasteiger partial charge >= 0.3 is 0 Å². The summed E-state index contributed by atoms with van der Waals surface area (Å²) < 4.78 is 0.304. The fourth-order valence-corrected chi connectivity index (χ4v) is 1.82. The van der Waals surface area contributed by atoms with Crippen molar-refractivity contribution in [2.45, 2.75) is 0 Å². The highest BCUT2D eigenvalue weighted by Crippen LogP contribution is 2.24. The topological polar surface area (TPSA) is 53.6 Å². The molecule has 0 fully saturated rings. The molecule has 1 aromatic carbocycles. The van der Waals surface area contributed by atoms with Crippen LogP contribution in [-0.4, -0.2) is 15.2 Å². The lowest BCUT2D eigenvalue weighted by Crippen LogP contribution is -1.96. The monoisotopic (exact) mass is 272 g/mol. The van der Waals surface area contributed by atoms with E-state index in [-0.39, 0.29) is 0 Å². The van der Waals surface area contributed by atoms with Gasteiger partial charge in [-0.05, 0) is 30.4 Å². The predicted molar refractivity (Wildman–Crippen MR) is 67.0 cm³/mol. The Morgan fingerprint density at radius 1 is 1.19 bits per heavy atom. The summed E-state index contributed by atoms with van der Waals surface area (Å²) in [6, 6.07) is 5.11. The van der Waals surface area contributed by atoms with E-state index in [0.717, 1.165) is 5.69 Å². The van der Waals surface area contributed by atoms with Gasteiger partial charge in [0, 0.05) is 15.7 Å². The third-order valence-corrected chi connectivity index (χ3v) is 2.32. The van der Waals surface area contributed by atoms with Gasteiger partial charge in [-0.3, -0.25) is 5.10 Å². The lowest BCUT2D eigenvalue weighted by Gasteiger charge is -2.05. The van der Waals surface area contributed by atoms with Crippen LogP contribution < -0.4 is 5.32 Å². The Bertz CT molecular complexity index is 549. The van der Waals surface area contributed by atoms with Gasteiger partial charge in [0.1, 0.15) is 0 Å². The first-order valence-electron chi connectivity index (χ1n) is 4.28. The summed E-state index contributed by atoms with van der Waals surface area (Å²) in [6.07, 6.45) is 1.52. The van der Waals surface area contributed by atoms with Crippen LogP contribution in [0.1, 0.15) is 0 Å². The van der Waals surface area contributed by atoms with Crippen LogP contribution in [0.5, 0.6) is 0 Å². The second kappa shape index (κ2) is 4.78. The van der Waals surface area contributed by atoms with Gasteiger partial charge in [0.25, 0.3) is 0 Å². The van der Waals surface area contributed by atoms with E-state index < -0.39 is 0 Å². The molecule has 82 valence electrons. The second-order valence-corrected chi connectivity index (χ2v) is 4.21. The minimum Gasteiger partial charge on any atom is -0.339 e. The first-order valence-corrected chi connectivity index (χ1v) is 5.45. The Hall–Kier alpha value is -1.17. The summed E-state index contributed by atoms with van der Waals surface area (Å²) >= 11 is 16.6. The number of nitrogens with zero attached hydrogens (tertiary/aromatic N) is 2. The molecule has 0 radical (unpaired) electrons. The number of benzene rings is 1. The predicted octanol–water partition coefficient (Wildman–Crippen LogP) is 3.58. The number of nitrogens with one attached hydrogen (secondary N) is 2. The van der Waals surface area contributed by atoms with Crippen molar-refractivity contribution in [1.82, 2.24) is 15.2 Å². The fraction of sp³-hybridized carbons (Fsp3) is 0. The average Bonchev–Trinajstić information content (AvgIpc) is 2.15. The minimum atomic E-state index is 0.304. The molecule has 2 aromatic rings. The number of H-pyrrole nitrogens is 1. The Morgan fingerprint density at radius 2 is 1.88 bits per heavy atom. The molecule has 0 amide bonds. The van der Waals surface area contributed by atoms with E-state index in [1.165, 1.54) is 6.20 Å². The molecular weight excluding hydrogens is 267 g/mol. The molecule has 0 saturated heterocycles. The summed E-state index contributed by atoms with van der Waals surface area (Å²) in [4.78, 5) is 4.03. The van der Waals surface area contributed by atoms with E-state index in [0.29, 0.717) is 20.6 Å². The van der Waals surface area contributed by atoms with Crippen molar-refractivity contribution in [3.8, 4) is 0 Å². The van der Waals surface area contributed by atoms with Crippen LogP contribution in [0.25, 0.3) is 0 Å². The molecule has 2 N–H and O–H groups in total. The lowest BCUT2D eigenvalue weighted by atomic mass is 10.3. The highest BCUT2D eigenvalue weighted by molar-refractivity contribution is 7.71. The van der Waals surface area contributed by atoms with Gasteiger partial charge < -0.3 is 5.32 Å². The third-order valence-electron chi connectivity index (χ3n) is 1.70. The highest BCUT2D eigenvalue weighted by atomic mass is 35.5. The zero-order valence-electron chi connectivity index (χ0n) is 7.87. The first-order chi connectivity index (χ1) is 7.63. The molecule has 0 saturated carbocycles. The maximum absolute atomic E-state index is 5.86. The van der Waals surface area contributed by atoms with Gasteiger partial charge in [0.15, 0.2) is 5.82 Å². The number of halogens is 2. The smallest absolute Gasteiger partial charge is 0.215 e. The Kier molecular flexibility index (Phi) is 3.38. The number of hydrogen-bond acceptors (Lipinski definition) is 4. The van der Waals surface area contributed by atoms with Crippen molar-refractivity contribution >= 4 is 46.9 Å². The standard InChI is InChI=1S/C9H6Cl2N4S/c10-5-1-6(11)3-7(2-5)13-8-4-12-15-9(16)14-8/h1-4H,(H2,13,14,15,16). The number of anilines is 2. The summed E-state index contributed by atoms with van der Waals surface area (Å²) in [5.74, 6) is 0.530. The Balaban J connectivity index is 2.30. The normalized spacial score (nSPS) is 10.1. The van der Waals surface area contributed by atoms with Crippen molar-refractivity contribution in [2.75, 3.05) is 5.32 Å². The molecule has 1 aromatic heterocycles. The number of hydrogen-bond donors (Lipinski definition) is 2. The van der Waals surface area contributed by atoms with Crippen LogP contribution in [-0.2, 0) is 0 Å². The molecule has 0 atom stereocenters. The van der Waals surface area contributed by atoms with Crippen molar-refractivity contribution in [3.05, 3.63) is 39.2 Å². The summed E-state index contributed by atoms with van der Waals surface area (Å²) in [7, 11) is 0. The first kappa shape index (κ1) is 11.3. The maximum atomic E-state index is 5.86. The van der Waals surface area contributed by atoms with E-state index in [2.05, 4.69) is 20.5 Å². The van der Waals surface area contributed by atoms with Crippen molar-refractivity contribution < 1.29 is 0 Å².